The predicted octanol–water partition coefficient (Wildman–Crippen LogP) is 3.75. The maximum Gasteiger partial charge on any atom is 0.573 e. The second kappa shape index (κ2) is 5.73. The van der Waals surface area contributed by atoms with E-state index in [1.807, 2.05) is 0 Å². The first kappa shape index (κ1) is 14.3. The highest BCUT2D eigenvalue weighted by Gasteiger charge is 2.31. The van der Waals surface area contributed by atoms with Crippen LogP contribution in [0, 0.1) is 0 Å². The number of ether oxygens (including phenoxy) is 1. The van der Waals surface area contributed by atoms with Crippen LogP contribution in [0.15, 0.2) is 18.2 Å². The van der Waals surface area contributed by atoms with Crippen molar-refractivity contribution < 1.29 is 22.7 Å². The van der Waals surface area contributed by atoms with Crippen LogP contribution in [0.2, 0.25) is 5.02 Å². The number of hydrogen-bond acceptors (Lipinski definition) is 2. The van der Waals surface area contributed by atoms with Gasteiger partial charge in [-0.25, -0.2) is 0 Å². The van der Waals surface area contributed by atoms with Crippen LogP contribution in [0.4, 0.5) is 13.2 Å². The molecule has 0 aliphatic heterocycles. The molecule has 0 N–H and O–H groups in total. The van der Waals surface area contributed by atoms with Crippen molar-refractivity contribution in [3.8, 4) is 5.75 Å². The summed E-state index contributed by atoms with van der Waals surface area (Å²) in [6.07, 6.45) is -4.78. The average Bonchev–Trinajstić information content (AvgIpc) is 2.13. The maximum atomic E-state index is 12.0. The van der Waals surface area contributed by atoms with E-state index < -0.39 is 12.1 Å². The Balaban J connectivity index is 2.90. The first-order chi connectivity index (χ1) is 7.80. The molecule has 0 unspecified atom stereocenters. The standard InChI is InChI=1S/C10H7BrClF3O2/c11-5-8(16)2-6-1-7(12)4-9(3-6)17-10(13,14)15/h1,3-4H,2,5H2. The van der Waals surface area contributed by atoms with Crippen molar-refractivity contribution in [1.82, 2.24) is 0 Å². The van der Waals surface area contributed by atoms with E-state index >= 15 is 0 Å². The van der Waals surface area contributed by atoms with Crippen molar-refractivity contribution in [2.75, 3.05) is 5.33 Å². The predicted molar refractivity (Wildman–Crippen MR) is 60.6 cm³/mol. The Labute approximate surface area is 109 Å². The molecule has 0 amide bonds. The first-order valence-electron chi connectivity index (χ1n) is 4.43. The van der Waals surface area contributed by atoms with Gasteiger partial charge < -0.3 is 4.74 Å². The molecular formula is C10H7BrClF3O2. The second-order valence-electron chi connectivity index (χ2n) is 3.19. The zero-order valence-corrected chi connectivity index (χ0v) is 10.7. The van der Waals surface area contributed by atoms with E-state index in [-0.39, 0.29) is 22.6 Å². The third-order valence-corrected chi connectivity index (χ3v) is 2.56. The van der Waals surface area contributed by atoms with Crippen LogP contribution >= 0.6 is 27.5 Å². The number of carbonyl (C=O) groups is 1. The molecule has 0 fully saturated rings. The van der Waals surface area contributed by atoms with Crippen molar-refractivity contribution >= 4 is 33.3 Å². The van der Waals surface area contributed by atoms with E-state index in [1.165, 1.54) is 6.07 Å². The van der Waals surface area contributed by atoms with Gasteiger partial charge in [0.25, 0.3) is 0 Å². The van der Waals surface area contributed by atoms with Crippen LogP contribution in [0.25, 0.3) is 0 Å². The number of halogens is 5. The summed E-state index contributed by atoms with van der Waals surface area (Å²) in [6.45, 7) is 0. The molecule has 1 aromatic carbocycles. The molecule has 0 aliphatic rings. The Morgan fingerprint density at radius 1 is 1.35 bits per heavy atom. The van der Waals surface area contributed by atoms with Gasteiger partial charge in [0, 0.05) is 11.4 Å². The molecule has 17 heavy (non-hydrogen) atoms. The zero-order chi connectivity index (χ0) is 13.1. The lowest BCUT2D eigenvalue weighted by molar-refractivity contribution is -0.274. The number of Topliss-reactive ketones (excluding diaryl/α,β-unsaturated/α-hetero) is 1. The zero-order valence-electron chi connectivity index (χ0n) is 8.35. The molecule has 7 heteroatoms. The third-order valence-electron chi connectivity index (χ3n) is 1.72. The van der Waals surface area contributed by atoms with Crippen LogP contribution in [-0.4, -0.2) is 17.5 Å². The van der Waals surface area contributed by atoms with Crippen molar-refractivity contribution in [2.24, 2.45) is 0 Å². The SMILES string of the molecule is O=C(CBr)Cc1cc(Cl)cc(OC(F)(F)F)c1. The summed E-state index contributed by atoms with van der Waals surface area (Å²) in [5, 5.41) is 0.221. The second-order valence-corrected chi connectivity index (χ2v) is 4.19. The van der Waals surface area contributed by atoms with Gasteiger partial charge in [0.1, 0.15) is 11.5 Å². The Bertz CT molecular complexity index is 421. The molecular weight excluding hydrogens is 324 g/mol. The fraction of sp³-hybridized carbons (Fsp3) is 0.300. The number of carbonyl (C=O) groups excluding carboxylic acids is 1. The van der Waals surface area contributed by atoms with Gasteiger partial charge in [-0.2, -0.15) is 0 Å². The van der Waals surface area contributed by atoms with Gasteiger partial charge in [-0.1, -0.05) is 27.5 Å². The van der Waals surface area contributed by atoms with Gasteiger partial charge in [0.2, 0.25) is 0 Å². The fourth-order valence-corrected chi connectivity index (χ4v) is 1.64. The quantitative estimate of drug-likeness (QED) is 0.786. The molecule has 94 valence electrons. The topological polar surface area (TPSA) is 26.3 Å². The van der Waals surface area contributed by atoms with Gasteiger partial charge >= 0.3 is 6.36 Å². The Morgan fingerprint density at radius 3 is 2.53 bits per heavy atom. The molecule has 1 rings (SSSR count). The highest BCUT2D eigenvalue weighted by Crippen LogP contribution is 2.27. The van der Waals surface area contributed by atoms with Crippen molar-refractivity contribution in [3.05, 3.63) is 28.8 Å². The number of ketones is 1. The van der Waals surface area contributed by atoms with Crippen LogP contribution in [0.5, 0.6) is 5.75 Å². The Morgan fingerprint density at radius 2 is 2.00 bits per heavy atom. The molecule has 0 aromatic heterocycles. The summed E-state index contributed by atoms with van der Waals surface area (Å²) in [6, 6.07) is 3.60. The number of alkyl halides is 4. The highest BCUT2D eigenvalue weighted by atomic mass is 79.9. The molecule has 0 saturated heterocycles. The van der Waals surface area contributed by atoms with Gasteiger partial charge in [0.05, 0.1) is 5.33 Å². The molecule has 0 radical (unpaired) electrons. The molecule has 2 nitrogen and oxygen atoms in total. The molecule has 0 aliphatic carbocycles. The molecule has 0 heterocycles. The van der Waals surface area contributed by atoms with Crippen LogP contribution < -0.4 is 4.74 Å². The van der Waals surface area contributed by atoms with E-state index in [2.05, 4.69) is 20.7 Å². The van der Waals surface area contributed by atoms with Crippen LogP contribution in [0.1, 0.15) is 5.56 Å². The van der Waals surface area contributed by atoms with Crippen molar-refractivity contribution in [2.45, 2.75) is 12.8 Å². The monoisotopic (exact) mass is 330 g/mol. The minimum Gasteiger partial charge on any atom is -0.406 e. The summed E-state index contributed by atoms with van der Waals surface area (Å²) >= 11 is 8.60. The summed E-state index contributed by atoms with van der Waals surface area (Å²) in [7, 11) is 0. The van der Waals surface area contributed by atoms with Gasteiger partial charge in [-0.15, -0.1) is 13.2 Å². The minimum atomic E-state index is -4.78. The lowest BCUT2D eigenvalue weighted by atomic mass is 10.1. The molecule has 0 atom stereocenters. The lowest BCUT2D eigenvalue weighted by Gasteiger charge is -2.10. The molecule has 1 aromatic rings. The molecule has 0 saturated carbocycles. The summed E-state index contributed by atoms with van der Waals surface area (Å²) in [4.78, 5) is 11.1. The number of benzene rings is 1. The summed E-state index contributed by atoms with van der Waals surface area (Å²) in [5.41, 5.74) is 0.376. The summed E-state index contributed by atoms with van der Waals surface area (Å²) in [5.74, 6) is -0.590. The van der Waals surface area contributed by atoms with Crippen molar-refractivity contribution in [3.63, 3.8) is 0 Å². The summed E-state index contributed by atoms with van der Waals surface area (Å²) < 4.78 is 39.7. The van der Waals surface area contributed by atoms with Crippen LogP contribution in [0.3, 0.4) is 0 Å². The van der Waals surface area contributed by atoms with E-state index in [0.29, 0.717) is 5.56 Å². The lowest BCUT2D eigenvalue weighted by Crippen LogP contribution is -2.17. The highest BCUT2D eigenvalue weighted by molar-refractivity contribution is 9.09. The molecule has 0 spiro atoms. The average molecular weight is 332 g/mol. The molecule has 0 bridgehead atoms. The van der Waals surface area contributed by atoms with Crippen molar-refractivity contribution in [1.29, 1.82) is 0 Å². The number of rotatable bonds is 4. The third kappa shape index (κ3) is 5.41. The maximum absolute atomic E-state index is 12.0. The fourth-order valence-electron chi connectivity index (χ4n) is 1.19. The largest absolute Gasteiger partial charge is 0.573 e. The Kier molecular flexibility index (Phi) is 4.82. The number of hydrogen-bond donors (Lipinski definition) is 0. The first-order valence-corrected chi connectivity index (χ1v) is 5.93. The van der Waals surface area contributed by atoms with E-state index in [1.54, 1.807) is 0 Å². The van der Waals surface area contributed by atoms with Gasteiger partial charge in [0.15, 0.2) is 0 Å². The van der Waals surface area contributed by atoms with Gasteiger partial charge in [-0.05, 0) is 23.8 Å². The smallest absolute Gasteiger partial charge is 0.406 e. The van der Waals surface area contributed by atoms with Crippen LogP contribution in [-0.2, 0) is 11.2 Å². The minimum absolute atomic E-state index is 0.0000269. The van der Waals surface area contributed by atoms with E-state index in [4.69, 9.17) is 11.6 Å². The van der Waals surface area contributed by atoms with E-state index in [0.717, 1.165) is 12.1 Å². The Hall–Kier alpha value is -0.750. The normalized spacial score (nSPS) is 11.4. The van der Waals surface area contributed by atoms with Gasteiger partial charge in [-0.3, -0.25) is 4.79 Å². The van der Waals surface area contributed by atoms with E-state index in [9.17, 15) is 18.0 Å².